The van der Waals surface area contributed by atoms with Crippen molar-refractivity contribution >= 4 is 5.95 Å². The van der Waals surface area contributed by atoms with E-state index < -0.39 is 23.3 Å². The monoisotopic (exact) mass is 426 g/mol. The summed E-state index contributed by atoms with van der Waals surface area (Å²) in [6, 6.07) is 5.78. The minimum atomic E-state index is -4.69. The second-order valence-corrected chi connectivity index (χ2v) is 7.76. The third kappa shape index (κ3) is 4.49. The lowest BCUT2D eigenvalue weighted by Gasteiger charge is -2.37. The summed E-state index contributed by atoms with van der Waals surface area (Å²) < 4.78 is 59.0. The zero-order valence-corrected chi connectivity index (χ0v) is 16.1. The molecule has 1 aromatic carbocycles. The lowest BCUT2D eigenvalue weighted by Crippen LogP contribution is -2.51. The minimum Gasteiger partial charge on any atom is -0.439 e. The number of aliphatic hydroxyl groups is 1. The first-order valence-electron chi connectivity index (χ1n) is 9.81. The van der Waals surface area contributed by atoms with Gasteiger partial charge in [0.05, 0.1) is 5.60 Å². The molecule has 10 heteroatoms. The molecule has 2 atom stereocenters. The van der Waals surface area contributed by atoms with Crippen LogP contribution >= 0.6 is 0 Å². The molecule has 1 aromatic heterocycles. The Labute approximate surface area is 170 Å². The molecule has 0 amide bonds. The SMILES string of the molecule is O[C@@]1(C2CCN(c3nc(Oc4cccc(F)c4)cc(C(F)(F)F)n3)C2)CCCNC1. The van der Waals surface area contributed by atoms with Crippen LogP contribution in [0.5, 0.6) is 11.6 Å². The number of piperidine rings is 1. The van der Waals surface area contributed by atoms with Crippen molar-refractivity contribution in [2.75, 3.05) is 31.1 Å². The molecule has 0 aliphatic carbocycles. The minimum absolute atomic E-state index is 0.0367. The predicted octanol–water partition coefficient (Wildman–Crippen LogP) is 3.37. The van der Waals surface area contributed by atoms with Crippen molar-refractivity contribution in [3.63, 3.8) is 0 Å². The molecular weight excluding hydrogens is 404 g/mol. The first kappa shape index (κ1) is 20.8. The Bertz CT molecular complexity index is 903. The highest BCUT2D eigenvalue weighted by molar-refractivity contribution is 5.39. The molecular formula is C20H22F4N4O2. The summed E-state index contributed by atoms with van der Waals surface area (Å²) in [7, 11) is 0. The number of rotatable bonds is 4. The Balaban J connectivity index is 1.59. The van der Waals surface area contributed by atoms with Gasteiger partial charge in [0.1, 0.15) is 11.6 Å². The molecule has 162 valence electrons. The average molecular weight is 426 g/mol. The van der Waals surface area contributed by atoms with E-state index in [9.17, 15) is 22.7 Å². The predicted molar refractivity (Wildman–Crippen MR) is 101 cm³/mol. The van der Waals surface area contributed by atoms with Crippen molar-refractivity contribution in [2.24, 2.45) is 5.92 Å². The van der Waals surface area contributed by atoms with Crippen LogP contribution in [0.25, 0.3) is 0 Å². The number of alkyl halides is 3. The largest absolute Gasteiger partial charge is 0.439 e. The number of benzene rings is 1. The van der Waals surface area contributed by atoms with Gasteiger partial charge in [-0.1, -0.05) is 6.07 Å². The highest BCUT2D eigenvalue weighted by Gasteiger charge is 2.42. The highest BCUT2D eigenvalue weighted by Crippen LogP contribution is 2.36. The Morgan fingerprint density at radius 2 is 2.07 bits per heavy atom. The molecule has 30 heavy (non-hydrogen) atoms. The maximum atomic E-state index is 13.4. The zero-order valence-electron chi connectivity index (χ0n) is 16.1. The summed E-state index contributed by atoms with van der Waals surface area (Å²) in [6.45, 7) is 2.08. The number of anilines is 1. The number of hydrogen-bond donors (Lipinski definition) is 2. The van der Waals surface area contributed by atoms with E-state index in [1.54, 1.807) is 4.90 Å². The first-order chi connectivity index (χ1) is 14.2. The summed E-state index contributed by atoms with van der Waals surface area (Å²) in [6.07, 6.45) is -2.57. The number of ether oxygens (including phenoxy) is 1. The molecule has 2 aliphatic heterocycles. The van der Waals surface area contributed by atoms with Gasteiger partial charge in [0.15, 0.2) is 5.69 Å². The van der Waals surface area contributed by atoms with Gasteiger partial charge in [0, 0.05) is 37.7 Å². The van der Waals surface area contributed by atoms with Crippen LogP contribution in [0.1, 0.15) is 25.0 Å². The molecule has 6 nitrogen and oxygen atoms in total. The fraction of sp³-hybridized carbons (Fsp3) is 0.500. The number of hydrogen-bond acceptors (Lipinski definition) is 6. The van der Waals surface area contributed by atoms with Crippen LogP contribution in [0.3, 0.4) is 0 Å². The number of nitrogens with one attached hydrogen (secondary N) is 1. The van der Waals surface area contributed by atoms with E-state index in [1.165, 1.54) is 18.2 Å². The van der Waals surface area contributed by atoms with E-state index in [-0.39, 0.29) is 23.5 Å². The smallest absolute Gasteiger partial charge is 0.433 e. The Morgan fingerprint density at radius 1 is 1.23 bits per heavy atom. The van der Waals surface area contributed by atoms with Crippen LogP contribution in [-0.2, 0) is 6.18 Å². The zero-order chi connectivity index (χ0) is 21.4. The summed E-state index contributed by atoms with van der Waals surface area (Å²) in [4.78, 5) is 9.45. The Morgan fingerprint density at radius 3 is 2.77 bits per heavy atom. The lowest BCUT2D eigenvalue weighted by atomic mass is 9.81. The van der Waals surface area contributed by atoms with Gasteiger partial charge >= 0.3 is 6.18 Å². The molecule has 0 radical (unpaired) electrons. The number of halogens is 4. The van der Waals surface area contributed by atoms with Gasteiger partial charge in [-0.2, -0.15) is 18.2 Å². The Kier molecular flexibility index (Phi) is 5.54. The molecule has 2 fully saturated rings. The standard InChI is InChI=1S/C20H22F4N4O2/c21-14-3-1-4-15(9-14)30-17-10-16(20(22,23)24)26-18(27-17)28-8-5-13(11-28)19(29)6-2-7-25-12-19/h1,3-4,9-10,13,25,29H,2,5-8,11-12H2/t13?,19-/m0/s1. The molecule has 4 rings (SSSR count). The molecule has 2 saturated heterocycles. The van der Waals surface area contributed by atoms with Crippen LogP contribution in [-0.4, -0.2) is 46.9 Å². The van der Waals surface area contributed by atoms with E-state index >= 15 is 0 Å². The van der Waals surface area contributed by atoms with Gasteiger partial charge in [-0.15, -0.1) is 0 Å². The number of aromatic nitrogens is 2. The van der Waals surface area contributed by atoms with Crippen LogP contribution in [0, 0.1) is 11.7 Å². The lowest BCUT2D eigenvalue weighted by molar-refractivity contribution is -0.141. The van der Waals surface area contributed by atoms with E-state index in [1.807, 2.05) is 0 Å². The van der Waals surface area contributed by atoms with E-state index in [0.717, 1.165) is 19.0 Å². The maximum Gasteiger partial charge on any atom is 0.433 e. The maximum absolute atomic E-state index is 13.4. The summed E-state index contributed by atoms with van der Waals surface area (Å²) >= 11 is 0. The van der Waals surface area contributed by atoms with Gasteiger partial charge in [-0.25, -0.2) is 9.37 Å². The molecule has 2 N–H and O–H groups in total. The van der Waals surface area contributed by atoms with Crippen LogP contribution in [0.15, 0.2) is 30.3 Å². The normalized spacial score (nSPS) is 24.8. The van der Waals surface area contributed by atoms with Crippen LogP contribution in [0.2, 0.25) is 0 Å². The van der Waals surface area contributed by atoms with Crippen molar-refractivity contribution in [3.8, 4) is 11.6 Å². The van der Waals surface area contributed by atoms with Crippen molar-refractivity contribution < 1.29 is 27.4 Å². The number of β-amino-alcohol motifs (C(OH)–C–C–N with tert-alkyl or cyclic N) is 1. The average Bonchev–Trinajstić information content (AvgIpc) is 3.19. The Hall–Kier alpha value is -2.46. The summed E-state index contributed by atoms with van der Waals surface area (Å²) in [5.41, 5.74) is -2.03. The van der Waals surface area contributed by atoms with Crippen molar-refractivity contribution in [2.45, 2.75) is 31.0 Å². The molecule has 1 unspecified atom stereocenters. The summed E-state index contributed by atoms with van der Waals surface area (Å²) in [5.74, 6) is -1.08. The second-order valence-electron chi connectivity index (χ2n) is 7.76. The van der Waals surface area contributed by atoms with Crippen molar-refractivity contribution in [1.29, 1.82) is 0 Å². The molecule has 0 bridgehead atoms. The van der Waals surface area contributed by atoms with Crippen LogP contribution in [0.4, 0.5) is 23.5 Å². The molecule has 3 heterocycles. The second kappa shape index (κ2) is 7.99. The molecule has 2 aliphatic rings. The topological polar surface area (TPSA) is 70.5 Å². The molecule has 0 spiro atoms. The van der Waals surface area contributed by atoms with E-state index in [0.29, 0.717) is 38.5 Å². The fourth-order valence-corrected chi connectivity index (χ4v) is 4.04. The van der Waals surface area contributed by atoms with Crippen LogP contribution < -0.4 is 15.0 Å². The van der Waals surface area contributed by atoms with E-state index in [2.05, 4.69) is 15.3 Å². The quantitative estimate of drug-likeness (QED) is 0.731. The van der Waals surface area contributed by atoms with Gasteiger partial charge < -0.3 is 20.1 Å². The highest BCUT2D eigenvalue weighted by atomic mass is 19.4. The van der Waals surface area contributed by atoms with Gasteiger partial charge in [-0.05, 0) is 37.9 Å². The van der Waals surface area contributed by atoms with Gasteiger partial charge in [0.25, 0.3) is 0 Å². The van der Waals surface area contributed by atoms with Gasteiger partial charge in [0.2, 0.25) is 11.8 Å². The third-order valence-corrected chi connectivity index (χ3v) is 5.63. The summed E-state index contributed by atoms with van der Waals surface area (Å²) in [5, 5.41) is 14.1. The first-order valence-corrected chi connectivity index (χ1v) is 9.81. The van der Waals surface area contributed by atoms with E-state index in [4.69, 9.17) is 4.74 Å². The molecule has 2 aromatic rings. The number of nitrogens with zero attached hydrogens (tertiary/aromatic N) is 3. The molecule has 0 saturated carbocycles. The van der Waals surface area contributed by atoms with Crippen molar-refractivity contribution in [1.82, 2.24) is 15.3 Å². The van der Waals surface area contributed by atoms with Gasteiger partial charge in [-0.3, -0.25) is 0 Å². The van der Waals surface area contributed by atoms with Crippen molar-refractivity contribution in [3.05, 3.63) is 41.8 Å². The third-order valence-electron chi connectivity index (χ3n) is 5.63. The fourth-order valence-electron chi connectivity index (χ4n) is 4.04.